The number of aliphatic hydroxyl groups is 1. The molecule has 0 radical (unpaired) electrons. The summed E-state index contributed by atoms with van der Waals surface area (Å²) < 4.78 is 0. The predicted octanol–water partition coefficient (Wildman–Crippen LogP) is 2.90. The monoisotopic (exact) mass is 387 g/mol. The van der Waals surface area contributed by atoms with E-state index in [4.69, 9.17) is 0 Å². The molecule has 0 aliphatic carbocycles. The van der Waals surface area contributed by atoms with Gasteiger partial charge in [0.15, 0.2) is 0 Å². The number of rotatable bonds is 6. The fourth-order valence-corrected chi connectivity index (χ4v) is 3.74. The van der Waals surface area contributed by atoms with Crippen LogP contribution in [0.1, 0.15) is 21.5 Å². The fraction of sp³-hybridized carbons (Fsp3) is 0.250. The van der Waals surface area contributed by atoms with Crippen molar-refractivity contribution in [2.24, 2.45) is 0 Å². The second-order valence-electron chi connectivity index (χ2n) is 7.41. The number of amides is 1. The van der Waals surface area contributed by atoms with Crippen molar-refractivity contribution in [1.29, 1.82) is 0 Å². The number of aromatic nitrogens is 1. The van der Waals surface area contributed by atoms with E-state index in [-0.39, 0.29) is 12.5 Å². The summed E-state index contributed by atoms with van der Waals surface area (Å²) in [6.45, 7) is 2.54. The maximum absolute atomic E-state index is 12.5. The summed E-state index contributed by atoms with van der Waals surface area (Å²) in [4.78, 5) is 19.1. The second kappa shape index (κ2) is 8.99. The summed E-state index contributed by atoms with van der Waals surface area (Å²) in [6.07, 6.45) is 2.12. The number of hydrogen-bond donors (Lipinski definition) is 2. The Bertz CT molecular complexity index is 975. The van der Waals surface area contributed by atoms with E-state index in [9.17, 15) is 9.90 Å². The number of aliphatic hydroxyl groups excluding tert-OH is 1. The van der Waals surface area contributed by atoms with Gasteiger partial charge in [0.2, 0.25) is 0 Å². The first-order valence-electron chi connectivity index (χ1n) is 9.96. The van der Waals surface area contributed by atoms with E-state index in [1.807, 2.05) is 36.4 Å². The molecule has 29 heavy (non-hydrogen) atoms. The van der Waals surface area contributed by atoms with Crippen molar-refractivity contribution in [1.82, 2.24) is 15.2 Å². The molecule has 4 rings (SSSR count). The summed E-state index contributed by atoms with van der Waals surface area (Å²) in [7, 11) is 0. The van der Waals surface area contributed by atoms with Gasteiger partial charge in [0.25, 0.3) is 5.91 Å². The molecule has 0 spiro atoms. The molecule has 148 valence electrons. The SMILES string of the molecule is O=C(NC[C@H](O)CN1CCc2ccccc2C1)c1cccc(-c2ccccn2)c1. The molecule has 5 nitrogen and oxygen atoms in total. The van der Waals surface area contributed by atoms with Crippen molar-refractivity contribution in [3.63, 3.8) is 0 Å². The predicted molar refractivity (Wildman–Crippen MR) is 113 cm³/mol. The highest BCUT2D eigenvalue weighted by Crippen LogP contribution is 2.19. The van der Waals surface area contributed by atoms with Crippen molar-refractivity contribution in [2.75, 3.05) is 19.6 Å². The lowest BCUT2D eigenvalue weighted by molar-refractivity contribution is 0.0842. The Labute approximate surface area is 171 Å². The Morgan fingerprint density at radius 2 is 1.90 bits per heavy atom. The van der Waals surface area contributed by atoms with Crippen LogP contribution in [0.25, 0.3) is 11.3 Å². The van der Waals surface area contributed by atoms with Crippen molar-refractivity contribution in [3.05, 3.63) is 89.6 Å². The molecular weight excluding hydrogens is 362 g/mol. The van der Waals surface area contributed by atoms with Crippen molar-refractivity contribution < 1.29 is 9.90 Å². The normalized spacial score (nSPS) is 14.8. The molecular formula is C24H25N3O2. The van der Waals surface area contributed by atoms with E-state index in [0.717, 1.165) is 30.8 Å². The van der Waals surface area contributed by atoms with Crippen LogP contribution in [-0.4, -0.2) is 46.6 Å². The highest BCUT2D eigenvalue weighted by Gasteiger charge is 2.19. The number of hydrogen-bond acceptors (Lipinski definition) is 4. The zero-order valence-corrected chi connectivity index (χ0v) is 16.3. The van der Waals surface area contributed by atoms with Crippen LogP contribution in [0.5, 0.6) is 0 Å². The van der Waals surface area contributed by atoms with Crippen molar-refractivity contribution in [3.8, 4) is 11.3 Å². The number of β-amino-alcohol motifs (C(OH)–C–C–N with tert-alkyl or cyclic N) is 1. The van der Waals surface area contributed by atoms with Crippen LogP contribution in [0, 0.1) is 0 Å². The van der Waals surface area contributed by atoms with Crippen LogP contribution in [0.15, 0.2) is 72.9 Å². The molecule has 2 heterocycles. The summed E-state index contributed by atoms with van der Waals surface area (Å²) in [5, 5.41) is 13.3. The maximum atomic E-state index is 12.5. The number of nitrogens with one attached hydrogen (secondary N) is 1. The molecule has 1 aliphatic rings. The van der Waals surface area contributed by atoms with Gasteiger partial charge in [-0.3, -0.25) is 14.7 Å². The molecule has 1 aromatic heterocycles. The third-order valence-electron chi connectivity index (χ3n) is 5.26. The van der Waals surface area contributed by atoms with Crippen LogP contribution < -0.4 is 5.32 Å². The maximum Gasteiger partial charge on any atom is 0.251 e. The smallest absolute Gasteiger partial charge is 0.251 e. The number of nitrogens with zero attached hydrogens (tertiary/aromatic N) is 2. The molecule has 2 aromatic carbocycles. The quantitative estimate of drug-likeness (QED) is 0.683. The van der Waals surface area contributed by atoms with Crippen LogP contribution in [0.2, 0.25) is 0 Å². The van der Waals surface area contributed by atoms with E-state index in [2.05, 4.69) is 39.5 Å². The van der Waals surface area contributed by atoms with Crippen LogP contribution in [0.3, 0.4) is 0 Å². The van der Waals surface area contributed by atoms with E-state index in [1.54, 1.807) is 12.3 Å². The van der Waals surface area contributed by atoms with Gasteiger partial charge < -0.3 is 10.4 Å². The van der Waals surface area contributed by atoms with Crippen LogP contribution >= 0.6 is 0 Å². The first-order chi connectivity index (χ1) is 14.2. The van der Waals surface area contributed by atoms with E-state index in [0.29, 0.717) is 12.1 Å². The van der Waals surface area contributed by atoms with Crippen LogP contribution in [-0.2, 0) is 13.0 Å². The van der Waals surface area contributed by atoms with Gasteiger partial charge in [-0.25, -0.2) is 0 Å². The lowest BCUT2D eigenvalue weighted by Gasteiger charge is -2.30. The molecule has 0 saturated heterocycles. The van der Waals surface area contributed by atoms with Crippen molar-refractivity contribution >= 4 is 5.91 Å². The topological polar surface area (TPSA) is 65.5 Å². The Morgan fingerprint density at radius 1 is 1.07 bits per heavy atom. The molecule has 0 unspecified atom stereocenters. The van der Waals surface area contributed by atoms with E-state index in [1.165, 1.54) is 11.1 Å². The van der Waals surface area contributed by atoms with Gasteiger partial charge in [-0.1, -0.05) is 42.5 Å². The minimum absolute atomic E-state index is 0.189. The third kappa shape index (κ3) is 4.88. The first kappa shape index (κ1) is 19.3. The fourth-order valence-electron chi connectivity index (χ4n) is 3.74. The Morgan fingerprint density at radius 3 is 2.72 bits per heavy atom. The molecule has 2 N–H and O–H groups in total. The summed E-state index contributed by atoms with van der Waals surface area (Å²) >= 11 is 0. The average molecular weight is 387 g/mol. The number of carbonyl (C=O) groups excluding carboxylic acids is 1. The molecule has 1 amide bonds. The van der Waals surface area contributed by atoms with Gasteiger partial charge in [-0.2, -0.15) is 0 Å². The summed E-state index contributed by atoms with van der Waals surface area (Å²) in [5.74, 6) is -0.189. The number of pyridine rings is 1. The lowest BCUT2D eigenvalue weighted by Crippen LogP contribution is -2.42. The molecule has 5 heteroatoms. The minimum Gasteiger partial charge on any atom is -0.390 e. The molecule has 3 aromatic rings. The van der Waals surface area contributed by atoms with Gasteiger partial charge in [0.05, 0.1) is 11.8 Å². The Kier molecular flexibility index (Phi) is 5.98. The highest BCUT2D eigenvalue weighted by molar-refractivity contribution is 5.95. The highest BCUT2D eigenvalue weighted by atomic mass is 16.3. The molecule has 0 fully saturated rings. The standard InChI is InChI=1S/C24H25N3O2/c28-22(17-27-13-11-18-6-1-2-7-21(18)16-27)15-26-24(29)20-9-5-8-19(14-20)23-10-3-4-12-25-23/h1-10,12,14,22,28H,11,13,15-17H2,(H,26,29)/t22-/m0/s1. The largest absolute Gasteiger partial charge is 0.390 e. The number of carbonyl (C=O) groups is 1. The summed E-state index contributed by atoms with van der Waals surface area (Å²) in [5.41, 5.74) is 4.99. The second-order valence-corrected chi connectivity index (χ2v) is 7.41. The number of fused-ring (bicyclic) bond motifs is 1. The van der Waals surface area contributed by atoms with Crippen molar-refractivity contribution in [2.45, 2.75) is 19.1 Å². The Balaban J connectivity index is 1.31. The molecule has 0 saturated carbocycles. The summed E-state index contributed by atoms with van der Waals surface area (Å²) in [6, 6.07) is 21.5. The molecule has 1 atom stereocenters. The molecule has 1 aliphatic heterocycles. The zero-order valence-electron chi connectivity index (χ0n) is 16.3. The lowest BCUT2D eigenvalue weighted by atomic mass is 10.00. The Hall–Kier alpha value is -3.02. The van der Waals surface area contributed by atoms with E-state index < -0.39 is 6.10 Å². The van der Waals surface area contributed by atoms with Gasteiger partial charge >= 0.3 is 0 Å². The molecule has 0 bridgehead atoms. The minimum atomic E-state index is -0.608. The first-order valence-corrected chi connectivity index (χ1v) is 9.96. The van der Waals surface area contributed by atoms with Gasteiger partial charge in [-0.05, 0) is 41.8 Å². The average Bonchev–Trinajstić information content (AvgIpc) is 2.78. The van der Waals surface area contributed by atoms with Gasteiger partial charge in [0, 0.05) is 43.5 Å². The zero-order chi connectivity index (χ0) is 20.1. The van der Waals surface area contributed by atoms with E-state index >= 15 is 0 Å². The number of benzene rings is 2. The van der Waals surface area contributed by atoms with Crippen LogP contribution in [0.4, 0.5) is 0 Å². The third-order valence-corrected chi connectivity index (χ3v) is 5.26. The van der Waals surface area contributed by atoms with Gasteiger partial charge in [-0.15, -0.1) is 0 Å². The van der Waals surface area contributed by atoms with Gasteiger partial charge in [0.1, 0.15) is 0 Å².